The van der Waals surface area contributed by atoms with E-state index in [4.69, 9.17) is 11.3 Å². The third-order valence-electron chi connectivity index (χ3n) is 6.68. The van der Waals surface area contributed by atoms with Gasteiger partial charge < -0.3 is 14.7 Å². The summed E-state index contributed by atoms with van der Waals surface area (Å²) < 4.78 is 6.27. The van der Waals surface area contributed by atoms with Crippen LogP contribution in [0.4, 0.5) is 5.69 Å². The van der Waals surface area contributed by atoms with Gasteiger partial charge in [0.15, 0.2) is 0 Å². The van der Waals surface area contributed by atoms with E-state index < -0.39 is 6.10 Å². The maximum absolute atomic E-state index is 10.6. The topological polar surface area (TPSA) is 37.1 Å². The lowest BCUT2D eigenvalue weighted by Crippen LogP contribution is -2.66. The van der Waals surface area contributed by atoms with Gasteiger partial charge in [-0.15, -0.1) is 0 Å². The Labute approximate surface area is 130 Å². The van der Waals surface area contributed by atoms with E-state index >= 15 is 0 Å². The van der Waals surface area contributed by atoms with Crippen molar-refractivity contribution in [2.45, 2.75) is 49.3 Å². The average Bonchev–Trinajstić information content (AvgIpc) is 2.88. The summed E-state index contributed by atoms with van der Waals surface area (Å²) in [6.45, 7) is 8.49. The Hall–Kier alpha value is -1.57. The maximum atomic E-state index is 10.6. The molecule has 4 heteroatoms. The molecule has 5 atom stereocenters. The highest BCUT2D eigenvalue weighted by atomic mass is 16.5. The van der Waals surface area contributed by atoms with E-state index in [1.54, 1.807) is 0 Å². The molecule has 4 aliphatic rings. The SMILES string of the molecule is [C-]#[N+]c1ccc2c3c1OC1[C@@H](O)CC[C@H]4[C@@H](C2)N(C)CC[C@]314. The molecule has 4 nitrogen and oxygen atoms in total. The van der Waals surface area contributed by atoms with Crippen molar-refractivity contribution < 1.29 is 9.84 Å². The predicted molar refractivity (Wildman–Crippen MR) is 82.3 cm³/mol. The molecule has 2 aliphatic carbocycles. The van der Waals surface area contributed by atoms with Crippen molar-refractivity contribution in [1.82, 2.24) is 4.90 Å². The molecule has 1 aromatic rings. The van der Waals surface area contributed by atoms with Crippen LogP contribution in [-0.2, 0) is 11.8 Å². The number of rotatable bonds is 0. The highest BCUT2D eigenvalue weighted by Gasteiger charge is 2.64. The van der Waals surface area contributed by atoms with Crippen LogP contribution in [0.1, 0.15) is 30.4 Å². The zero-order valence-corrected chi connectivity index (χ0v) is 12.7. The number of aliphatic hydroxyl groups is 1. The summed E-state index contributed by atoms with van der Waals surface area (Å²) in [6, 6.07) is 4.57. The first-order valence-electron chi connectivity index (χ1n) is 8.25. The van der Waals surface area contributed by atoms with Crippen molar-refractivity contribution in [3.8, 4) is 5.75 Å². The molecule has 1 spiro atoms. The van der Waals surface area contributed by atoms with Gasteiger partial charge in [-0.1, -0.05) is 12.1 Å². The van der Waals surface area contributed by atoms with Crippen LogP contribution >= 0.6 is 0 Å². The number of piperidine rings is 1. The molecule has 0 amide bonds. The molecular formula is C18H20N2O2. The molecular weight excluding hydrogens is 276 g/mol. The fourth-order valence-electron chi connectivity index (χ4n) is 5.80. The fourth-order valence-corrected chi connectivity index (χ4v) is 5.80. The average molecular weight is 296 g/mol. The smallest absolute Gasteiger partial charge is 0.228 e. The quantitative estimate of drug-likeness (QED) is 0.746. The molecule has 1 saturated heterocycles. The van der Waals surface area contributed by atoms with Gasteiger partial charge in [-0.3, -0.25) is 0 Å². The predicted octanol–water partition coefficient (Wildman–Crippen LogP) is 2.27. The first-order chi connectivity index (χ1) is 10.7. The Morgan fingerprint density at radius 2 is 2.27 bits per heavy atom. The van der Waals surface area contributed by atoms with Gasteiger partial charge in [0.1, 0.15) is 11.9 Å². The summed E-state index contributed by atoms with van der Waals surface area (Å²) in [7, 11) is 2.23. The Morgan fingerprint density at radius 1 is 1.41 bits per heavy atom. The van der Waals surface area contributed by atoms with Gasteiger partial charge in [0.2, 0.25) is 5.69 Å². The second-order valence-corrected chi connectivity index (χ2v) is 7.39. The molecule has 1 aromatic carbocycles. The minimum Gasteiger partial charge on any atom is -0.497 e. The number of hydrogen-bond donors (Lipinski definition) is 1. The molecule has 5 rings (SSSR count). The molecule has 0 aromatic heterocycles. The molecule has 1 saturated carbocycles. The molecule has 2 heterocycles. The third kappa shape index (κ3) is 1.27. The van der Waals surface area contributed by atoms with Gasteiger partial charge in [0.25, 0.3) is 0 Å². The van der Waals surface area contributed by atoms with Crippen LogP contribution in [0.15, 0.2) is 12.1 Å². The van der Waals surface area contributed by atoms with Gasteiger partial charge in [-0.05, 0) is 56.3 Å². The van der Waals surface area contributed by atoms with Crippen LogP contribution in [0, 0.1) is 12.5 Å². The van der Waals surface area contributed by atoms with E-state index in [9.17, 15) is 5.11 Å². The largest absolute Gasteiger partial charge is 0.497 e. The second-order valence-electron chi connectivity index (χ2n) is 7.39. The molecule has 2 aliphatic heterocycles. The van der Waals surface area contributed by atoms with Crippen molar-refractivity contribution in [2.75, 3.05) is 13.6 Å². The van der Waals surface area contributed by atoms with Crippen LogP contribution in [0.2, 0.25) is 0 Å². The lowest BCUT2D eigenvalue weighted by molar-refractivity contribution is -0.0990. The van der Waals surface area contributed by atoms with Gasteiger partial charge in [0.05, 0.1) is 12.7 Å². The molecule has 114 valence electrons. The van der Waals surface area contributed by atoms with Crippen molar-refractivity contribution >= 4 is 5.69 Å². The Balaban J connectivity index is 1.82. The van der Waals surface area contributed by atoms with Crippen LogP contribution in [0.5, 0.6) is 5.75 Å². The van der Waals surface area contributed by atoms with Crippen LogP contribution < -0.4 is 4.74 Å². The van der Waals surface area contributed by atoms with Gasteiger partial charge >= 0.3 is 0 Å². The monoisotopic (exact) mass is 296 g/mol. The number of likely N-dealkylation sites (N-methyl/N-ethyl adjacent to an activating group) is 1. The van der Waals surface area contributed by atoms with E-state index in [0.717, 1.165) is 38.0 Å². The lowest BCUT2D eigenvalue weighted by atomic mass is 9.51. The second kappa shape index (κ2) is 4.04. The summed E-state index contributed by atoms with van der Waals surface area (Å²) in [4.78, 5) is 6.16. The lowest BCUT2D eigenvalue weighted by Gasteiger charge is -2.58. The summed E-state index contributed by atoms with van der Waals surface area (Å²) in [5.41, 5.74) is 3.18. The molecule has 22 heavy (non-hydrogen) atoms. The van der Waals surface area contributed by atoms with Crippen molar-refractivity contribution in [1.29, 1.82) is 0 Å². The van der Waals surface area contributed by atoms with Crippen LogP contribution in [-0.4, -0.2) is 41.8 Å². The van der Waals surface area contributed by atoms with E-state index in [0.29, 0.717) is 17.6 Å². The van der Waals surface area contributed by atoms with Gasteiger partial charge in [-0.25, -0.2) is 4.85 Å². The fraction of sp³-hybridized carbons (Fsp3) is 0.611. The zero-order valence-electron chi connectivity index (χ0n) is 12.7. The number of benzene rings is 1. The Bertz CT molecular complexity index is 710. The number of ether oxygens (including phenoxy) is 1. The van der Waals surface area contributed by atoms with E-state index in [2.05, 4.69) is 22.9 Å². The van der Waals surface area contributed by atoms with E-state index in [1.807, 2.05) is 6.07 Å². The maximum Gasteiger partial charge on any atom is 0.228 e. The van der Waals surface area contributed by atoms with Crippen LogP contribution in [0.3, 0.4) is 0 Å². The summed E-state index contributed by atoms with van der Waals surface area (Å²) in [5.74, 6) is 1.33. The summed E-state index contributed by atoms with van der Waals surface area (Å²) in [6.07, 6.45) is 3.41. The van der Waals surface area contributed by atoms with E-state index in [1.165, 1.54) is 11.1 Å². The standard InChI is InChI=1S/C18H20N2O2/c1-19-12-5-3-10-9-13-11-4-6-14(21)17-18(11,7-8-20(13)2)15(10)16(12)22-17/h3,5,11,13-14,17,21H,4,6-9H2,2H3/t11-,13+,14-,17?,18-/m0/s1. The summed E-state index contributed by atoms with van der Waals surface area (Å²) in [5, 5.41) is 10.6. The zero-order chi connectivity index (χ0) is 15.1. The molecule has 2 bridgehead atoms. The number of likely N-dealkylation sites (tertiary alicyclic amines) is 1. The number of nitrogens with zero attached hydrogens (tertiary/aromatic N) is 2. The minimum atomic E-state index is -0.405. The van der Waals surface area contributed by atoms with E-state index in [-0.39, 0.29) is 11.5 Å². The Kier molecular flexibility index (Phi) is 2.37. The van der Waals surface area contributed by atoms with Crippen molar-refractivity contribution in [2.24, 2.45) is 5.92 Å². The van der Waals surface area contributed by atoms with Crippen LogP contribution in [0.25, 0.3) is 4.85 Å². The highest BCUT2D eigenvalue weighted by Crippen LogP contribution is 2.63. The summed E-state index contributed by atoms with van der Waals surface area (Å²) >= 11 is 0. The highest BCUT2D eigenvalue weighted by molar-refractivity contribution is 5.69. The number of hydrogen-bond acceptors (Lipinski definition) is 3. The molecule has 2 fully saturated rings. The third-order valence-corrected chi connectivity index (χ3v) is 6.68. The first-order valence-corrected chi connectivity index (χ1v) is 8.25. The van der Waals surface area contributed by atoms with Crippen molar-refractivity contribution in [3.05, 3.63) is 34.7 Å². The minimum absolute atomic E-state index is 0.0571. The normalized spacial score (nSPS) is 41.5. The first kappa shape index (κ1) is 12.9. The number of aliphatic hydroxyl groups excluding tert-OH is 1. The molecule has 1 unspecified atom stereocenters. The van der Waals surface area contributed by atoms with Gasteiger partial charge in [0, 0.05) is 11.5 Å². The molecule has 1 N–H and O–H groups in total. The van der Waals surface area contributed by atoms with Crippen molar-refractivity contribution in [3.63, 3.8) is 0 Å². The van der Waals surface area contributed by atoms with Gasteiger partial charge in [-0.2, -0.15) is 0 Å². The Morgan fingerprint density at radius 3 is 3.09 bits per heavy atom. The molecule has 0 radical (unpaired) electrons.